The van der Waals surface area contributed by atoms with Crippen molar-refractivity contribution in [1.29, 1.82) is 0 Å². The fraction of sp³-hybridized carbons (Fsp3) is 0.500. The maximum Gasteiger partial charge on any atom is 0.191 e. The van der Waals surface area contributed by atoms with Crippen molar-refractivity contribution >= 4 is 29.9 Å². The van der Waals surface area contributed by atoms with Crippen LogP contribution in [-0.4, -0.2) is 32.7 Å². The lowest BCUT2D eigenvalue weighted by molar-refractivity contribution is 0.318. The fourth-order valence-electron chi connectivity index (χ4n) is 1.51. The van der Waals surface area contributed by atoms with Crippen molar-refractivity contribution in [2.24, 2.45) is 4.99 Å². The molecule has 0 aliphatic rings. The maximum atomic E-state index is 12.9. The van der Waals surface area contributed by atoms with Gasteiger partial charge in [-0.25, -0.2) is 8.78 Å². The predicted molar refractivity (Wildman–Crippen MR) is 91.5 cm³/mol. The molecule has 0 heterocycles. The van der Waals surface area contributed by atoms with Gasteiger partial charge in [0, 0.05) is 19.7 Å². The number of nitrogens with zero attached hydrogens (tertiary/aromatic N) is 1. The summed E-state index contributed by atoms with van der Waals surface area (Å²) in [6.07, 6.45) is 2.19. The molecule has 0 spiro atoms. The van der Waals surface area contributed by atoms with Gasteiger partial charge in [0.05, 0.1) is 6.54 Å². The van der Waals surface area contributed by atoms with Crippen molar-refractivity contribution in [2.75, 3.05) is 26.7 Å². The first-order valence-electron chi connectivity index (χ1n) is 6.69. The summed E-state index contributed by atoms with van der Waals surface area (Å²) in [5, 5.41) is 6.23. The number of guanidine groups is 1. The number of ether oxygens (including phenoxy) is 1. The molecule has 0 saturated carbocycles. The molecule has 0 amide bonds. The lowest BCUT2D eigenvalue weighted by atomic mass is 10.3. The molecule has 0 radical (unpaired) electrons. The van der Waals surface area contributed by atoms with Crippen LogP contribution in [0.25, 0.3) is 0 Å². The zero-order valence-corrected chi connectivity index (χ0v) is 14.6. The molecule has 0 aromatic heterocycles. The fourth-order valence-corrected chi connectivity index (χ4v) is 1.51. The first-order chi connectivity index (χ1) is 9.67. The van der Waals surface area contributed by atoms with Gasteiger partial charge >= 0.3 is 0 Å². The number of unbranched alkanes of at least 4 members (excludes halogenated alkanes) is 1. The summed E-state index contributed by atoms with van der Waals surface area (Å²) in [7, 11) is 1.69. The topological polar surface area (TPSA) is 45.7 Å². The molecule has 4 nitrogen and oxygen atoms in total. The molecule has 0 unspecified atom stereocenters. The molecule has 21 heavy (non-hydrogen) atoms. The summed E-state index contributed by atoms with van der Waals surface area (Å²) in [6, 6.07) is 3.47. The summed E-state index contributed by atoms with van der Waals surface area (Å²) >= 11 is 0. The van der Waals surface area contributed by atoms with E-state index in [9.17, 15) is 8.78 Å². The third-order valence-corrected chi connectivity index (χ3v) is 2.60. The van der Waals surface area contributed by atoms with Crippen LogP contribution in [0.1, 0.15) is 19.8 Å². The number of hydrogen-bond donors (Lipinski definition) is 2. The Bertz CT molecular complexity index is 444. The number of benzene rings is 1. The molecule has 0 bridgehead atoms. The van der Waals surface area contributed by atoms with Gasteiger partial charge in [0.15, 0.2) is 17.6 Å². The third kappa shape index (κ3) is 8.03. The molecular weight excluding hydrogens is 391 g/mol. The van der Waals surface area contributed by atoms with Gasteiger partial charge in [-0.15, -0.1) is 24.0 Å². The van der Waals surface area contributed by atoms with Gasteiger partial charge in [0.1, 0.15) is 12.4 Å². The van der Waals surface area contributed by atoms with E-state index in [2.05, 4.69) is 22.5 Å². The van der Waals surface area contributed by atoms with E-state index < -0.39 is 11.6 Å². The van der Waals surface area contributed by atoms with Gasteiger partial charge in [-0.3, -0.25) is 4.99 Å². The van der Waals surface area contributed by atoms with E-state index >= 15 is 0 Å². The highest BCUT2D eigenvalue weighted by Crippen LogP contribution is 2.14. The van der Waals surface area contributed by atoms with Gasteiger partial charge in [-0.05, 0) is 18.6 Å². The minimum absolute atomic E-state index is 0. The molecule has 120 valence electrons. The standard InChI is InChI=1S/C14H21F2N3O.HI/c1-3-4-7-18-14(17-2)19-8-9-20-11-5-6-12(15)13(16)10-11;/h5-6,10H,3-4,7-9H2,1-2H3,(H2,17,18,19);1H. The number of rotatable bonds is 7. The summed E-state index contributed by atoms with van der Waals surface area (Å²) in [5.74, 6) is -0.782. The van der Waals surface area contributed by atoms with Crippen LogP contribution in [0.5, 0.6) is 5.75 Å². The van der Waals surface area contributed by atoms with Crippen LogP contribution in [0.2, 0.25) is 0 Å². The molecule has 1 aromatic carbocycles. The average Bonchev–Trinajstić information content (AvgIpc) is 2.45. The maximum absolute atomic E-state index is 12.9. The Morgan fingerprint density at radius 2 is 1.90 bits per heavy atom. The SMILES string of the molecule is CCCCNC(=NC)NCCOc1ccc(F)c(F)c1.I. The lowest BCUT2D eigenvalue weighted by Gasteiger charge is -2.12. The van der Waals surface area contributed by atoms with E-state index in [1.807, 2.05) is 0 Å². The zero-order valence-electron chi connectivity index (χ0n) is 12.3. The van der Waals surface area contributed by atoms with Gasteiger partial charge < -0.3 is 15.4 Å². The second-order valence-corrected chi connectivity index (χ2v) is 4.20. The van der Waals surface area contributed by atoms with Crippen molar-refractivity contribution < 1.29 is 13.5 Å². The Balaban J connectivity index is 0.00000400. The lowest BCUT2D eigenvalue weighted by Crippen LogP contribution is -2.39. The molecule has 1 aromatic rings. The largest absolute Gasteiger partial charge is 0.492 e. The van der Waals surface area contributed by atoms with E-state index in [0.29, 0.717) is 24.9 Å². The minimum atomic E-state index is -0.910. The second-order valence-electron chi connectivity index (χ2n) is 4.20. The number of nitrogens with one attached hydrogen (secondary N) is 2. The highest BCUT2D eigenvalue weighted by molar-refractivity contribution is 14.0. The van der Waals surface area contributed by atoms with Gasteiger partial charge in [0.2, 0.25) is 0 Å². The van der Waals surface area contributed by atoms with E-state index in [0.717, 1.165) is 31.5 Å². The zero-order chi connectivity index (χ0) is 14.8. The van der Waals surface area contributed by atoms with Gasteiger partial charge in [-0.1, -0.05) is 13.3 Å². The van der Waals surface area contributed by atoms with Crippen LogP contribution in [0.15, 0.2) is 23.2 Å². The van der Waals surface area contributed by atoms with Crippen LogP contribution >= 0.6 is 24.0 Å². The monoisotopic (exact) mass is 413 g/mol. The van der Waals surface area contributed by atoms with Crippen molar-refractivity contribution in [1.82, 2.24) is 10.6 Å². The van der Waals surface area contributed by atoms with Gasteiger partial charge in [-0.2, -0.15) is 0 Å². The summed E-state index contributed by atoms with van der Waals surface area (Å²) in [6.45, 7) is 3.83. The van der Waals surface area contributed by atoms with E-state index in [1.54, 1.807) is 7.05 Å². The molecule has 2 N–H and O–H groups in total. The number of hydrogen-bond acceptors (Lipinski definition) is 2. The highest BCUT2D eigenvalue weighted by atomic mass is 127. The average molecular weight is 413 g/mol. The molecule has 0 saturated heterocycles. The molecule has 0 atom stereocenters. The molecule has 0 fully saturated rings. The molecule has 1 rings (SSSR count). The van der Waals surface area contributed by atoms with Crippen molar-refractivity contribution in [2.45, 2.75) is 19.8 Å². The van der Waals surface area contributed by atoms with E-state index in [-0.39, 0.29) is 24.0 Å². The van der Waals surface area contributed by atoms with E-state index in [4.69, 9.17) is 4.74 Å². The molecular formula is C14H22F2IN3O. The Hall–Kier alpha value is -1.12. The third-order valence-electron chi connectivity index (χ3n) is 2.60. The normalized spacial score (nSPS) is 10.8. The van der Waals surface area contributed by atoms with Crippen LogP contribution < -0.4 is 15.4 Å². The Morgan fingerprint density at radius 3 is 2.52 bits per heavy atom. The first kappa shape index (κ1) is 19.9. The first-order valence-corrected chi connectivity index (χ1v) is 6.69. The predicted octanol–water partition coefficient (Wildman–Crippen LogP) is 2.93. The van der Waals surface area contributed by atoms with Crippen LogP contribution in [0.4, 0.5) is 8.78 Å². The molecule has 0 aliphatic carbocycles. The van der Waals surface area contributed by atoms with Crippen molar-refractivity contribution in [3.63, 3.8) is 0 Å². The van der Waals surface area contributed by atoms with E-state index in [1.165, 1.54) is 6.07 Å². The quantitative estimate of drug-likeness (QED) is 0.313. The summed E-state index contributed by atoms with van der Waals surface area (Å²) < 4.78 is 31.0. The van der Waals surface area contributed by atoms with Gasteiger partial charge in [0.25, 0.3) is 0 Å². The summed E-state index contributed by atoms with van der Waals surface area (Å²) in [5.41, 5.74) is 0. The highest BCUT2D eigenvalue weighted by Gasteiger charge is 2.03. The second kappa shape index (κ2) is 11.5. The van der Waals surface area contributed by atoms with Crippen LogP contribution in [0, 0.1) is 11.6 Å². The summed E-state index contributed by atoms with van der Waals surface area (Å²) in [4.78, 5) is 4.06. The Kier molecular flexibility index (Phi) is 10.9. The van der Waals surface area contributed by atoms with Crippen LogP contribution in [-0.2, 0) is 0 Å². The van der Waals surface area contributed by atoms with Crippen molar-refractivity contribution in [3.8, 4) is 5.75 Å². The van der Waals surface area contributed by atoms with Crippen LogP contribution in [0.3, 0.4) is 0 Å². The number of halogens is 3. The Morgan fingerprint density at radius 1 is 1.19 bits per heavy atom. The molecule has 0 aliphatic heterocycles. The molecule has 7 heteroatoms. The van der Waals surface area contributed by atoms with Crippen molar-refractivity contribution in [3.05, 3.63) is 29.8 Å². The Labute approximate surface area is 141 Å². The minimum Gasteiger partial charge on any atom is -0.492 e. The smallest absolute Gasteiger partial charge is 0.191 e. The number of aliphatic imine (C=N–C) groups is 1.